The summed E-state index contributed by atoms with van der Waals surface area (Å²) in [5.74, 6) is -1.58. The van der Waals surface area contributed by atoms with Gasteiger partial charge in [-0.25, -0.2) is 10.2 Å². The van der Waals surface area contributed by atoms with Crippen LogP contribution in [0.15, 0.2) is 102 Å². The number of para-hydroxylation sites is 1. The van der Waals surface area contributed by atoms with Crippen LogP contribution in [0, 0.1) is 13.8 Å². The SMILES string of the molecule is Cc1ccc(C(=NNC(=O)c2ccncc2)c2ccc(C)cc2)cc1.O=C(O)c1ccccc1O. The summed E-state index contributed by atoms with van der Waals surface area (Å²) in [6.07, 6.45) is 3.17. The Morgan fingerprint density at radius 3 is 1.71 bits per heavy atom. The van der Waals surface area contributed by atoms with E-state index in [2.05, 4.69) is 15.5 Å². The molecule has 0 aliphatic carbocycles. The fourth-order valence-electron chi connectivity index (χ4n) is 3.05. The average Bonchev–Trinajstić information content (AvgIpc) is 2.87. The van der Waals surface area contributed by atoms with Crippen molar-refractivity contribution in [3.63, 3.8) is 0 Å². The molecule has 0 saturated heterocycles. The molecule has 1 heterocycles. The maximum Gasteiger partial charge on any atom is 0.339 e. The van der Waals surface area contributed by atoms with Gasteiger partial charge < -0.3 is 10.2 Å². The first kappa shape index (κ1) is 24.9. The predicted molar refractivity (Wildman–Crippen MR) is 135 cm³/mol. The number of hydrazone groups is 1. The Kier molecular flexibility index (Phi) is 8.45. The van der Waals surface area contributed by atoms with Gasteiger partial charge >= 0.3 is 5.97 Å². The number of amides is 1. The van der Waals surface area contributed by atoms with Crippen LogP contribution in [0.2, 0.25) is 0 Å². The number of hydrogen-bond acceptors (Lipinski definition) is 5. The average molecular weight is 468 g/mol. The van der Waals surface area contributed by atoms with E-state index in [0.717, 1.165) is 16.8 Å². The number of benzene rings is 3. The number of rotatable bonds is 5. The van der Waals surface area contributed by atoms with Gasteiger partial charge in [0.25, 0.3) is 5.91 Å². The monoisotopic (exact) mass is 467 g/mol. The molecular weight excluding hydrogens is 442 g/mol. The maximum absolute atomic E-state index is 12.3. The van der Waals surface area contributed by atoms with Crippen molar-refractivity contribution >= 4 is 17.6 Å². The maximum atomic E-state index is 12.3. The molecule has 4 aromatic rings. The zero-order chi connectivity index (χ0) is 25.2. The third-order valence-corrected chi connectivity index (χ3v) is 5.00. The normalized spacial score (nSPS) is 9.89. The number of carbonyl (C=O) groups is 2. The Morgan fingerprint density at radius 2 is 1.26 bits per heavy atom. The minimum absolute atomic E-state index is 0.0671. The number of aromatic carboxylic acids is 1. The number of pyridine rings is 1. The number of carboxylic acid groups (broad SMARTS) is 1. The molecule has 0 bridgehead atoms. The lowest BCUT2D eigenvalue weighted by atomic mass is 10.0. The highest BCUT2D eigenvalue weighted by Gasteiger charge is 2.10. The number of nitrogens with one attached hydrogen (secondary N) is 1. The van der Waals surface area contributed by atoms with Crippen molar-refractivity contribution in [2.24, 2.45) is 5.10 Å². The van der Waals surface area contributed by atoms with E-state index < -0.39 is 5.97 Å². The smallest absolute Gasteiger partial charge is 0.339 e. The van der Waals surface area contributed by atoms with Crippen molar-refractivity contribution in [3.8, 4) is 5.75 Å². The van der Waals surface area contributed by atoms with Crippen LogP contribution in [0.25, 0.3) is 0 Å². The number of phenols is 1. The number of hydrogen-bond donors (Lipinski definition) is 3. The highest BCUT2D eigenvalue weighted by molar-refractivity contribution is 6.13. The number of aromatic hydroxyl groups is 1. The van der Waals surface area contributed by atoms with E-state index in [0.29, 0.717) is 5.56 Å². The highest BCUT2D eigenvalue weighted by Crippen LogP contribution is 2.15. The summed E-state index contributed by atoms with van der Waals surface area (Å²) in [6.45, 7) is 4.08. The van der Waals surface area contributed by atoms with Crippen molar-refractivity contribution in [1.82, 2.24) is 10.4 Å². The summed E-state index contributed by atoms with van der Waals surface area (Å²) in [5.41, 5.74) is 8.07. The van der Waals surface area contributed by atoms with Crippen LogP contribution in [0.1, 0.15) is 43.0 Å². The lowest BCUT2D eigenvalue weighted by Crippen LogP contribution is -2.20. The molecule has 1 aromatic heterocycles. The molecular formula is C28H25N3O4. The van der Waals surface area contributed by atoms with E-state index in [1.54, 1.807) is 36.7 Å². The molecule has 0 atom stereocenters. The third-order valence-electron chi connectivity index (χ3n) is 5.00. The molecule has 3 N–H and O–H groups in total. The highest BCUT2D eigenvalue weighted by atomic mass is 16.4. The van der Waals surface area contributed by atoms with Gasteiger partial charge in [0.1, 0.15) is 11.3 Å². The zero-order valence-corrected chi connectivity index (χ0v) is 19.3. The summed E-state index contributed by atoms with van der Waals surface area (Å²) in [5, 5.41) is 21.7. The molecule has 1 amide bonds. The molecule has 0 radical (unpaired) electrons. The van der Waals surface area contributed by atoms with E-state index in [-0.39, 0.29) is 17.2 Å². The van der Waals surface area contributed by atoms with Crippen molar-refractivity contribution in [1.29, 1.82) is 0 Å². The number of carbonyl (C=O) groups excluding carboxylic acids is 1. The van der Waals surface area contributed by atoms with Gasteiger partial charge in [0.2, 0.25) is 0 Å². The predicted octanol–water partition coefficient (Wildman–Crippen LogP) is 4.97. The lowest BCUT2D eigenvalue weighted by molar-refractivity contribution is 0.0693. The standard InChI is InChI=1S/C21H19N3O.C7H6O3/c1-15-3-7-17(8-4-15)20(18-9-5-16(2)6-10-18)23-24-21(25)19-11-13-22-14-12-19;8-6-4-2-1-3-5(6)7(9)10/h3-14H,1-2H3,(H,24,25);1-4,8H,(H,9,10). The summed E-state index contributed by atoms with van der Waals surface area (Å²) in [7, 11) is 0. The van der Waals surface area contributed by atoms with Gasteiger partial charge in [-0.05, 0) is 38.1 Å². The molecule has 3 aromatic carbocycles. The van der Waals surface area contributed by atoms with Gasteiger partial charge in [0, 0.05) is 29.1 Å². The Bertz CT molecular complexity index is 1270. The number of aryl methyl sites for hydroxylation is 2. The van der Waals surface area contributed by atoms with Crippen LogP contribution in [0.4, 0.5) is 0 Å². The van der Waals surface area contributed by atoms with Crippen LogP contribution in [0.5, 0.6) is 5.75 Å². The molecule has 7 nitrogen and oxygen atoms in total. The number of nitrogens with zero attached hydrogens (tertiary/aromatic N) is 2. The second-order valence-electron chi connectivity index (χ2n) is 7.69. The molecule has 35 heavy (non-hydrogen) atoms. The van der Waals surface area contributed by atoms with Crippen LogP contribution in [-0.2, 0) is 0 Å². The fourth-order valence-corrected chi connectivity index (χ4v) is 3.05. The molecule has 0 spiro atoms. The second kappa shape index (κ2) is 11.9. The van der Waals surface area contributed by atoms with Crippen molar-refractivity contribution < 1.29 is 19.8 Å². The van der Waals surface area contributed by atoms with Crippen LogP contribution >= 0.6 is 0 Å². The van der Waals surface area contributed by atoms with Crippen molar-refractivity contribution in [2.75, 3.05) is 0 Å². The van der Waals surface area contributed by atoms with E-state index in [4.69, 9.17) is 10.2 Å². The molecule has 0 unspecified atom stereocenters. The summed E-state index contributed by atoms with van der Waals surface area (Å²) < 4.78 is 0. The van der Waals surface area contributed by atoms with Crippen LogP contribution in [0.3, 0.4) is 0 Å². The van der Waals surface area contributed by atoms with Crippen molar-refractivity contribution in [3.05, 3.63) is 131 Å². The first-order chi connectivity index (χ1) is 16.8. The molecule has 0 aliphatic heterocycles. The zero-order valence-electron chi connectivity index (χ0n) is 19.3. The van der Waals surface area contributed by atoms with E-state index in [1.165, 1.54) is 23.3 Å². The van der Waals surface area contributed by atoms with Gasteiger partial charge in [0.05, 0.1) is 5.71 Å². The third kappa shape index (κ3) is 7.10. The quantitative estimate of drug-likeness (QED) is 0.283. The first-order valence-electron chi connectivity index (χ1n) is 10.8. The van der Waals surface area contributed by atoms with E-state index in [9.17, 15) is 9.59 Å². The summed E-state index contributed by atoms with van der Waals surface area (Å²) in [6, 6.07) is 25.3. The molecule has 4 rings (SSSR count). The van der Waals surface area contributed by atoms with Gasteiger partial charge in [-0.3, -0.25) is 9.78 Å². The Labute approximate surface area is 203 Å². The Hall–Kier alpha value is -4.78. The second-order valence-corrected chi connectivity index (χ2v) is 7.69. The molecule has 0 fully saturated rings. The first-order valence-corrected chi connectivity index (χ1v) is 10.8. The molecule has 0 saturated carbocycles. The number of aromatic nitrogens is 1. The van der Waals surface area contributed by atoms with Gasteiger partial charge in [-0.15, -0.1) is 0 Å². The minimum atomic E-state index is -1.11. The molecule has 7 heteroatoms. The largest absolute Gasteiger partial charge is 0.507 e. The van der Waals surface area contributed by atoms with E-state index in [1.807, 2.05) is 62.4 Å². The lowest BCUT2D eigenvalue weighted by Gasteiger charge is -2.09. The van der Waals surface area contributed by atoms with Gasteiger partial charge in [-0.2, -0.15) is 5.10 Å². The van der Waals surface area contributed by atoms with Crippen molar-refractivity contribution in [2.45, 2.75) is 13.8 Å². The van der Waals surface area contributed by atoms with E-state index >= 15 is 0 Å². The Morgan fingerprint density at radius 1 is 0.743 bits per heavy atom. The van der Waals surface area contributed by atoms with Gasteiger partial charge in [-0.1, -0.05) is 71.8 Å². The topological polar surface area (TPSA) is 112 Å². The number of carboxylic acids is 1. The summed E-state index contributed by atoms with van der Waals surface area (Å²) in [4.78, 5) is 26.5. The molecule has 176 valence electrons. The van der Waals surface area contributed by atoms with Crippen LogP contribution < -0.4 is 5.43 Å². The summed E-state index contributed by atoms with van der Waals surface area (Å²) >= 11 is 0. The van der Waals surface area contributed by atoms with Crippen LogP contribution in [-0.4, -0.2) is 32.8 Å². The minimum Gasteiger partial charge on any atom is -0.507 e. The molecule has 0 aliphatic rings. The fraction of sp³-hybridized carbons (Fsp3) is 0.0714. The van der Waals surface area contributed by atoms with Gasteiger partial charge in [0.15, 0.2) is 0 Å². The Balaban J connectivity index is 0.000000287.